The maximum Gasteiger partial charge on any atom is 0.342 e. The lowest BCUT2D eigenvalue weighted by Gasteiger charge is -2.52. The van der Waals surface area contributed by atoms with Crippen LogP contribution in [0, 0.1) is 5.92 Å². The lowest BCUT2D eigenvalue weighted by molar-refractivity contribution is -0.0486. The van der Waals surface area contributed by atoms with Crippen molar-refractivity contribution in [2.45, 2.75) is 71.1 Å². The summed E-state index contributed by atoms with van der Waals surface area (Å²) >= 11 is 0. The minimum atomic E-state index is -0.446. The van der Waals surface area contributed by atoms with Crippen molar-refractivity contribution in [1.82, 2.24) is 5.32 Å². The molecule has 1 aliphatic rings. The van der Waals surface area contributed by atoms with Crippen LogP contribution >= 0.6 is 0 Å². The summed E-state index contributed by atoms with van der Waals surface area (Å²) in [7, 11) is 0. The van der Waals surface area contributed by atoms with Crippen LogP contribution in [0.3, 0.4) is 0 Å². The average molecular weight is 319 g/mol. The van der Waals surface area contributed by atoms with Gasteiger partial charge in [0.15, 0.2) is 0 Å². The van der Waals surface area contributed by atoms with Crippen LogP contribution in [-0.2, 0) is 4.74 Å². The number of piperidine rings is 1. The Balaban J connectivity index is 2.23. The monoisotopic (exact) mass is 319 g/mol. The molecule has 1 saturated heterocycles. The van der Waals surface area contributed by atoms with Gasteiger partial charge in [0.2, 0.25) is 0 Å². The van der Waals surface area contributed by atoms with E-state index in [-0.39, 0.29) is 34.4 Å². The second kappa shape index (κ2) is 6.52. The smallest absolute Gasteiger partial charge is 0.342 e. The summed E-state index contributed by atoms with van der Waals surface area (Å²) in [5, 5.41) is 13.6. The van der Waals surface area contributed by atoms with Gasteiger partial charge < -0.3 is 15.2 Å². The molecule has 1 aromatic carbocycles. The largest absolute Gasteiger partial charge is 0.507 e. The van der Waals surface area contributed by atoms with Crippen LogP contribution in [0.4, 0.5) is 0 Å². The number of para-hydroxylation sites is 1. The maximum absolute atomic E-state index is 12.5. The summed E-state index contributed by atoms with van der Waals surface area (Å²) in [6.45, 7) is 10.8. The second-order valence-electron chi connectivity index (χ2n) is 7.26. The van der Waals surface area contributed by atoms with E-state index < -0.39 is 5.97 Å². The van der Waals surface area contributed by atoms with Gasteiger partial charge in [-0.2, -0.15) is 0 Å². The molecule has 4 nitrogen and oxygen atoms in total. The van der Waals surface area contributed by atoms with Crippen molar-refractivity contribution in [2.75, 3.05) is 0 Å². The highest BCUT2D eigenvalue weighted by molar-refractivity contribution is 5.92. The topological polar surface area (TPSA) is 58.6 Å². The van der Waals surface area contributed by atoms with Crippen molar-refractivity contribution in [3.8, 4) is 5.75 Å². The molecule has 4 atom stereocenters. The van der Waals surface area contributed by atoms with E-state index >= 15 is 0 Å². The molecule has 1 aromatic rings. The van der Waals surface area contributed by atoms with Crippen molar-refractivity contribution in [3.05, 3.63) is 29.8 Å². The molecule has 0 radical (unpaired) electrons. The Morgan fingerprint density at radius 2 is 1.96 bits per heavy atom. The summed E-state index contributed by atoms with van der Waals surface area (Å²) in [4.78, 5) is 12.5. The number of phenols is 1. The van der Waals surface area contributed by atoms with Gasteiger partial charge in [-0.05, 0) is 38.8 Å². The lowest BCUT2D eigenvalue weighted by atomic mass is 9.70. The first-order chi connectivity index (χ1) is 10.7. The Labute approximate surface area is 139 Å². The number of rotatable bonds is 4. The maximum atomic E-state index is 12.5. The Bertz CT molecular complexity index is 573. The van der Waals surface area contributed by atoms with E-state index in [1.807, 2.05) is 0 Å². The summed E-state index contributed by atoms with van der Waals surface area (Å²) in [6.07, 6.45) is 2.55. The van der Waals surface area contributed by atoms with Crippen LogP contribution in [-0.4, -0.2) is 28.3 Å². The predicted molar refractivity (Wildman–Crippen MR) is 91.6 cm³/mol. The van der Waals surface area contributed by atoms with Gasteiger partial charge in [0, 0.05) is 23.4 Å². The molecule has 0 saturated carbocycles. The minimum absolute atomic E-state index is 0.0319. The zero-order valence-electron chi connectivity index (χ0n) is 14.8. The fourth-order valence-corrected chi connectivity index (χ4v) is 3.52. The predicted octanol–water partition coefficient (Wildman–Crippen LogP) is 3.88. The highest BCUT2D eigenvalue weighted by atomic mass is 16.5. The number of hydrogen-bond acceptors (Lipinski definition) is 4. The van der Waals surface area contributed by atoms with Gasteiger partial charge in [-0.25, -0.2) is 4.79 Å². The highest BCUT2D eigenvalue weighted by Gasteiger charge is 2.47. The lowest BCUT2D eigenvalue weighted by Crippen LogP contribution is -2.66. The molecule has 0 aromatic heterocycles. The SMILES string of the molecule is CCC1(C)CC(OC(=O)c2ccccc2O)C(C)C(C)(CC)N1. The van der Waals surface area contributed by atoms with Crippen molar-refractivity contribution in [2.24, 2.45) is 5.92 Å². The first-order valence-corrected chi connectivity index (χ1v) is 8.53. The van der Waals surface area contributed by atoms with E-state index in [0.29, 0.717) is 0 Å². The van der Waals surface area contributed by atoms with Crippen molar-refractivity contribution < 1.29 is 14.6 Å². The van der Waals surface area contributed by atoms with E-state index in [9.17, 15) is 9.90 Å². The molecule has 0 amide bonds. The first-order valence-electron chi connectivity index (χ1n) is 8.53. The highest BCUT2D eigenvalue weighted by Crippen LogP contribution is 2.39. The zero-order valence-corrected chi connectivity index (χ0v) is 14.8. The number of benzene rings is 1. The fourth-order valence-electron chi connectivity index (χ4n) is 3.52. The van der Waals surface area contributed by atoms with E-state index in [1.165, 1.54) is 6.07 Å². The molecular weight excluding hydrogens is 290 g/mol. The van der Waals surface area contributed by atoms with E-state index in [4.69, 9.17) is 4.74 Å². The van der Waals surface area contributed by atoms with Crippen LogP contribution in [0.1, 0.15) is 64.2 Å². The molecular formula is C19H29NO3. The summed E-state index contributed by atoms with van der Waals surface area (Å²) in [5.41, 5.74) is 0.0998. The minimum Gasteiger partial charge on any atom is -0.507 e. The Morgan fingerprint density at radius 1 is 1.30 bits per heavy atom. The van der Waals surface area contributed by atoms with Crippen molar-refractivity contribution in [3.63, 3.8) is 0 Å². The molecule has 2 rings (SSSR count). The number of carbonyl (C=O) groups excluding carboxylic acids is 1. The van der Waals surface area contributed by atoms with Crippen LogP contribution < -0.4 is 5.32 Å². The van der Waals surface area contributed by atoms with Crippen molar-refractivity contribution >= 4 is 5.97 Å². The molecule has 0 bridgehead atoms. The van der Waals surface area contributed by atoms with Gasteiger partial charge in [-0.15, -0.1) is 0 Å². The van der Waals surface area contributed by atoms with Crippen LogP contribution in [0.15, 0.2) is 24.3 Å². The zero-order chi connectivity index (χ0) is 17.3. The quantitative estimate of drug-likeness (QED) is 0.827. The Kier molecular flexibility index (Phi) is 5.04. The third kappa shape index (κ3) is 3.52. The molecule has 4 unspecified atom stereocenters. The number of ether oxygens (including phenoxy) is 1. The van der Waals surface area contributed by atoms with Crippen LogP contribution in [0.25, 0.3) is 0 Å². The first kappa shape index (κ1) is 17.8. The van der Waals surface area contributed by atoms with Crippen LogP contribution in [0.5, 0.6) is 5.75 Å². The van der Waals surface area contributed by atoms with Crippen LogP contribution in [0.2, 0.25) is 0 Å². The third-order valence-corrected chi connectivity index (χ3v) is 5.70. The number of nitrogens with one attached hydrogen (secondary N) is 1. The van der Waals surface area contributed by atoms with Gasteiger partial charge in [0.25, 0.3) is 0 Å². The van der Waals surface area contributed by atoms with Gasteiger partial charge in [-0.3, -0.25) is 0 Å². The molecule has 128 valence electrons. The number of aromatic hydroxyl groups is 1. The second-order valence-corrected chi connectivity index (χ2v) is 7.26. The van der Waals surface area contributed by atoms with Gasteiger partial charge >= 0.3 is 5.97 Å². The molecule has 0 spiro atoms. The molecule has 2 N–H and O–H groups in total. The standard InChI is InChI=1S/C19H29NO3/c1-6-18(4)12-16(13(3)19(5,7-2)20-18)23-17(22)14-10-8-9-11-15(14)21/h8-11,13,16,20-21H,6-7,12H2,1-5H3. The number of esters is 1. The van der Waals surface area contributed by atoms with E-state index in [1.54, 1.807) is 18.2 Å². The molecule has 23 heavy (non-hydrogen) atoms. The summed E-state index contributed by atoms with van der Waals surface area (Å²) in [5.74, 6) is -0.281. The van der Waals surface area contributed by atoms with Gasteiger partial charge in [0.1, 0.15) is 17.4 Å². The summed E-state index contributed by atoms with van der Waals surface area (Å²) in [6, 6.07) is 6.53. The Morgan fingerprint density at radius 3 is 2.52 bits per heavy atom. The molecule has 0 aliphatic carbocycles. The fraction of sp³-hybridized carbons (Fsp3) is 0.632. The Hall–Kier alpha value is -1.55. The van der Waals surface area contributed by atoms with Crippen molar-refractivity contribution in [1.29, 1.82) is 0 Å². The van der Waals surface area contributed by atoms with E-state index in [2.05, 4.69) is 39.9 Å². The molecule has 4 heteroatoms. The number of carbonyl (C=O) groups is 1. The normalized spacial score (nSPS) is 34.1. The summed E-state index contributed by atoms with van der Waals surface area (Å²) < 4.78 is 5.83. The third-order valence-electron chi connectivity index (χ3n) is 5.70. The van der Waals surface area contributed by atoms with Gasteiger partial charge in [0.05, 0.1) is 0 Å². The molecule has 1 heterocycles. The van der Waals surface area contributed by atoms with E-state index in [0.717, 1.165) is 19.3 Å². The number of phenolic OH excluding ortho intramolecular Hbond substituents is 1. The van der Waals surface area contributed by atoms with Gasteiger partial charge in [-0.1, -0.05) is 32.9 Å². The number of hydrogen-bond donors (Lipinski definition) is 2. The molecule has 1 fully saturated rings. The average Bonchev–Trinajstić information content (AvgIpc) is 2.52. The molecule has 1 aliphatic heterocycles.